The fourth-order valence-corrected chi connectivity index (χ4v) is 4.70. The Morgan fingerprint density at radius 2 is 2.00 bits per heavy atom. The Morgan fingerprint density at radius 3 is 2.70 bits per heavy atom. The molecule has 2 aliphatic rings. The Morgan fingerprint density at radius 1 is 1.18 bits per heavy atom. The maximum atomic E-state index is 13.1. The van der Waals surface area contributed by atoms with Crippen LogP contribution in [0.4, 0.5) is 0 Å². The molecule has 2 aromatic heterocycles. The average molecular weight is 445 g/mol. The SMILES string of the molecule is CC1(C)CC(=O)c2c(-c3ccccc3)nn(-c3ccc(C(=O)NCC4CCCO4)cn3)c2C1. The molecule has 33 heavy (non-hydrogen) atoms. The third-order valence-corrected chi connectivity index (χ3v) is 6.33. The number of ketones is 1. The number of aromatic nitrogens is 3. The molecular formula is C26H28N4O3. The summed E-state index contributed by atoms with van der Waals surface area (Å²) in [6.45, 7) is 5.46. The van der Waals surface area contributed by atoms with Crippen LogP contribution in [0.1, 0.15) is 59.5 Å². The van der Waals surface area contributed by atoms with E-state index in [1.54, 1.807) is 23.0 Å². The molecule has 3 heterocycles. The van der Waals surface area contributed by atoms with E-state index in [4.69, 9.17) is 9.84 Å². The van der Waals surface area contributed by atoms with Gasteiger partial charge in [-0.2, -0.15) is 5.10 Å². The Bertz CT molecular complexity index is 1180. The van der Waals surface area contributed by atoms with Crippen molar-refractivity contribution in [2.45, 2.75) is 45.6 Å². The number of fused-ring (bicyclic) bond motifs is 1. The number of nitrogens with one attached hydrogen (secondary N) is 1. The molecule has 1 aliphatic heterocycles. The van der Waals surface area contributed by atoms with Gasteiger partial charge in [0.1, 0.15) is 5.69 Å². The molecule has 1 N–H and O–H groups in total. The molecule has 3 aromatic rings. The second-order valence-corrected chi connectivity index (χ2v) is 9.64. The quantitative estimate of drug-likeness (QED) is 0.643. The van der Waals surface area contributed by atoms with Crippen molar-refractivity contribution in [2.24, 2.45) is 5.41 Å². The summed E-state index contributed by atoms with van der Waals surface area (Å²) >= 11 is 0. The largest absolute Gasteiger partial charge is 0.376 e. The zero-order chi connectivity index (χ0) is 23.0. The van der Waals surface area contributed by atoms with Crippen molar-refractivity contribution in [3.63, 3.8) is 0 Å². The number of Topliss-reactive ketones (excluding diaryl/α,β-unsaturated/α-hetero) is 1. The first-order chi connectivity index (χ1) is 15.9. The van der Waals surface area contributed by atoms with E-state index in [1.165, 1.54) is 0 Å². The number of hydrogen-bond acceptors (Lipinski definition) is 5. The number of hydrogen-bond donors (Lipinski definition) is 1. The van der Waals surface area contributed by atoms with Crippen molar-refractivity contribution in [2.75, 3.05) is 13.2 Å². The minimum atomic E-state index is -0.173. The minimum absolute atomic E-state index is 0.0917. The molecule has 0 bridgehead atoms. The fraction of sp³-hybridized carbons (Fsp3) is 0.385. The summed E-state index contributed by atoms with van der Waals surface area (Å²) in [6.07, 6.45) is 4.87. The third kappa shape index (κ3) is 4.33. The highest BCUT2D eigenvalue weighted by Crippen LogP contribution is 2.39. The number of carbonyl (C=O) groups excluding carboxylic acids is 2. The molecule has 7 heteroatoms. The van der Waals surface area contributed by atoms with Crippen LogP contribution < -0.4 is 5.32 Å². The van der Waals surface area contributed by atoms with Gasteiger partial charge in [-0.05, 0) is 36.8 Å². The standard InChI is InChI=1S/C26H28N4O3/c1-26(2)13-20-23(21(31)14-26)24(17-7-4-3-5-8-17)29-30(20)22-11-10-18(15-27-22)25(32)28-16-19-9-6-12-33-19/h3-5,7-8,10-11,15,19H,6,9,12-14,16H2,1-2H3,(H,28,32). The van der Waals surface area contributed by atoms with Crippen LogP contribution in [0.5, 0.6) is 0 Å². The summed E-state index contributed by atoms with van der Waals surface area (Å²) in [6, 6.07) is 13.3. The number of ether oxygens (including phenoxy) is 1. The van der Waals surface area contributed by atoms with Crippen LogP contribution in [-0.4, -0.2) is 45.7 Å². The van der Waals surface area contributed by atoms with Crippen LogP contribution in [0.3, 0.4) is 0 Å². The van der Waals surface area contributed by atoms with Crippen LogP contribution in [0, 0.1) is 5.41 Å². The van der Waals surface area contributed by atoms with E-state index in [9.17, 15) is 9.59 Å². The van der Waals surface area contributed by atoms with Crippen molar-refractivity contribution < 1.29 is 14.3 Å². The topological polar surface area (TPSA) is 86.1 Å². The highest BCUT2D eigenvalue weighted by Gasteiger charge is 2.37. The van der Waals surface area contributed by atoms with Crippen molar-refractivity contribution in [1.82, 2.24) is 20.1 Å². The van der Waals surface area contributed by atoms with E-state index in [2.05, 4.69) is 24.1 Å². The first kappa shape index (κ1) is 21.5. The van der Waals surface area contributed by atoms with E-state index in [0.717, 1.165) is 37.1 Å². The van der Waals surface area contributed by atoms with Crippen LogP contribution in [0.25, 0.3) is 17.1 Å². The second-order valence-electron chi connectivity index (χ2n) is 9.64. The molecule has 5 rings (SSSR count). The van der Waals surface area contributed by atoms with E-state index in [1.807, 2.05) is 30.3 Å². The van der Waals surface area contributed by atoms with Crippen molar-refractivity contribution in [1.29, 1.82) is 0 Å². The Balaban J connectivity index is 1.46. The molecule has 1 saturated heterocycles. The highest BCUT2D eigenvalue weighted by atomic mass is 16.5. The van der Waals surface area contributed by atoms with Gasteiger partial charge in [0.05, 0.1) is 22.9 Å². The molecule has 0 radical (unpaired) electrons. The normalized spacial score (nSPS) is 19.3. The number of benzene rings is 1. The Hall–Kier alpha value is -3.32. The molecule has 0 spiro atoms. The lowest BCUT2D eigenvalue weighted by molar-refractivity contribution is 0.0857. The van der Waals surface area contributed by atoms with Gasteiger partial charge >= 0.3 is 0 Å². The van der Waals surface area contributed by atoms with Gasteiger partial charge < -0.3 is 10.1 Å². The Labute approximate surface area is 193 Å². The van der Waals surface area contributed by atoms with Crippen molar-refractivity contribution in [3.05, 3.63) is 65.5 Å². The molecular weight excluding hydrogens is 416 g/mol. The molecule has 1 aromatic carbocycles. The zero-order valence-electron chi connectivity index (χ0n) is 19.0. The van der Waals surface area contributed by atoms with E-state index >= 15 is 0 Å². The van der Waals surface area contributed by atoms with Crippen LogP contribution >= 0.6 is 0 Å². The van der Waals surface area contributed by atoms with Gasteiger partial charge in [-0.15, -0.1) is 0 Å². The minimum Gasteiger partial charge on any atom is -0.376 e. The van der Waals surface area contributed by atoms with Gasteiger partial charge in [-0.1, -0.05) is 44.2 Å². The molecule has 0 saturated carbocycles. The maximum Gasteiger partial charge on any atom is 0.252 e. The van der Waals surface area contributed by atoms with E-state index < -0.39 is 0 Å². The highest BCUT2D eigenvalue weighted by molar-refractivity contribution is 6.04. The van der Waals surface area contributed by atoms with Gasteiger partial charge in [-0.3, -0.25) is 9.59 Å². The first-order valence-electron chi connectivity index (χ1n) is 11.5. The predicted octanol–water partition coefficient (Wildman–Crippen LogP) is 4.00. The molecule has 170 valence electrons. The smallest absolute Gasteiger partial charge is 0.252 e. The zero-order valence-corrected chi connectivity index (χ0v) is 19.0. The molecule has 1 aliphatic carbocycles. The lowest BCUT2D eigenvalue weighted by atomic mass is 9.75. The molecule has 1 unspecified atom stereocenters. The average Bonchev–Trinajstić information content (AvgIpc) is 3.45. The van der Waals surface area contributed by atoms with Gasteiger partial charge in [0.2, 0.25) is 0 Å². The number of carbonyl (C=O) groups is 2. The third-order valence-electron chi connectivity index (χ3n) is 6.33. The monoisotopic (exact) mass is 444 g/mol. The number of amides is 1. The molecule has 1 fully saturated rings. The van der Waals surface area contributed by atoms with Crippen molar-refractivity contribution in [3.8, 4) is 17.1 Å². The summed E-state index contributed by atoms with van der Waals surface area (Å²) < 4.78 is 7.33. The summed E-state index contributed by atoms with van der Waals surface area (Å²) in [5.41, 5.74) is 3.48. The Kier molecular flexibility index (Phi) is 5.58. The van der Waals surface area contributed by atoms with Gasteiger partial charge in [0, 0.05) is 31.3 Å². The summed E-state index contributed by atoms with van der Waals surface area (Å²) in [5, 5.41) is 7.75. The molecule has 1 atom stereocenters. The molecule has 1 amide bonds. The number of rotatable bonds is 5. The van der Waals surface area contributed by atoms with Gasteiger partial charge in [0.15, 0.2) is 11.6 Å². The van der Waals surface area contributed by atoms with E-state index in [0.29, 0.717) is 35.6 Å². The number of nitrogens with zero attached hydrogens (tertiary/aromatic N) is 3. The molecule has 7 nitrogen and oxygen atoms in total. The lowest BCUT2D eigenvalue weighted by Gasteiger charge is -2.29. The maximum absolute atomic E-state index is 13.1. The van der Waals surface area contributed by atoms with Gasteiger partial charge in [-0.25, -0.2) is 9.67 Å². The van der Waals surface area contributed by atoms with Crippen molar-refractivity contribution >= 4 is 11.7 Å². The van der Waals surface area contributed by atoms with E-state index in [-0.39, 0.29) is 23.2 Å². The lowest BCUT2D eigenvalue weighted by Crippen LogP contribution is -2.31. The first-order valence-corrected chi connectivity index (χ1v) is 11.5. The van der Waals surface area contributed by atoms with Gasteiger partial charge in [0.25, 0.3) is 5.91 Å². The number of pyridine rings is 1. The summed E-state index contributed by atoms with van der Waals surface area (Å²) in [7, 11) is 0. The second kappa shape index (κ2) is 8.56. The van der Waals surface area contributed by atoms with Crippen LogP contribution in [0.15, 0.2) is 48.7 Å². The summed E-state index contributed by atoms with van der Waals surface area (Å²) in [4.78, 5) is 30.2. The summed E-state index contributed by atoms with van der Waals surface area (Å²) in [5.74, 6) is 0.527. The fourth-order valence-electron chi connectivity index (χ4n) is 4.70. The van der Waals surface area contributed by atoms with Crippen LogP contribution in [-0.2, 0) is 11.2 Å². The van der Waals surface area contributed by atoms with Crippen LogP contribution in [0.2, 0.25) is 0 Å². The predicted molar refractivity (Wildman–Crippen MR) is 125 cm³/mol.